The number of halogens is 1. The number of anilines is 2. The molecule has 0 bridgehead atoms. The van der Waals surface area contributed by atoms with Gasteiger partial charge in [-0.1, -0.05) is 32.0 Å². The van der Waals surface area contributed by atoms with Crippen molar-refractivity contribution in [3.63, 3.8) is 0 Å². The molecule has 36 heavy (non-hydrogen) atoms. The van der Waals surface area contributed by atoms with Gasteiger partial charge in [0.25, 0.3) is 5.91 Å². The van der Waals surface area contributed by atoms with E-state index in [0.29, 0.717) is 18.8 Å². The molecule has 0 fully saturated rings. The Balaban J connectivity index is 1.76. The molecular weight excluding hydrogens is 505 g/mol. The van der Waals surface area contributed by atoms with Gasteiger partial charge in [-0.05, 0) is 54.6 Å². The number of nitrogens with zero attached hydrogens (tertiary/aromatic N) is 2. The molecule has 3 aromatic carbocycles. The number of sulfonamides is 2. The normalized spacial score (nSPS) is 11.9. The van der Waals surface area contributed by atoms with Crippen molar-refractivity contribution in [1.82, 2.24) is 4.31 Å². The van der Waals surface area contributed by atoms with E-state index in [-0.39, 0.29) is 28.3 Å². The molecule has 8 nitrogen and oxygen atoms in total. The van der Waals surface area contributed by atoms with Crippen molar-refractivity contribution in [3.8, 4) is 0 Å². The first-order chi connectivity index (χ1) is 17.0. The van der Waals surface area contributed by atoms with Crippen molar-refractivity contribution in [3.05, 3.63) is 89.7 Å². The molecular formula is C25H28FN3O5S2. The molecule has 11 heteroatoms. The summed E-state index contributed by atoms with van der Waals surface area (Å²) in [7, 11) is -7.33. The van der Waals surface area contributed by atoms with Crippen LogP contribution in [0.1, 0.15) is 29.8 Å². The van der Waals surface area contributed by atoms with Crippen LogP contribution in [0.2, 0.25) is 0 Å². The molecule has 0 saturated carbocycles. The summed E-state index contributed by atoms with van der Waals surface area (Å²) in [5.74, 6) is -0.973. The minimum atomic E-state index is -3.73. The SMILES string of the molecule is CCN(CC)S(=O)(=O)c1ccc(NC(=O)c2ccc(N(Cc3ccccc3F)S(C)(=O)=O)cc2)cc1. The zero-order valence-corrected chi connectivity index (χ0v) is 21.8. The third kappa shape index (κ3) is 6.28. The molecule has 3 aromatic rings. The van der Waals surface area contributed by atoms with Gasteiger partial charge in [-0.2, -0.15) is 4.31 Å². The summed E-state index contributed by atoms with van der Waals surface area (Å²) in [6.07, 6.45) is 1.03. The van der Waals surface area contributed by atoms with E-state index >= 15 is 0 Å². The molecule has 0 aromatic heterocycles. The first-order valence-corrected chi connectivity index (χ1v) is 14.5. The van der Waals surface area contributed by atoms with Crippen molar-refractivity contribution in [2.75, 3.05) is 29.0 Å². The van der Waals surface area contributed by atoms with E-state index in [0.717, 1.165) is 10.6 Å². The summed E-state index contributed by atoms with van der Waals surface area (Å²) in [5.41, 5.74) is 1.16. The molecule has 0 aliphatic carbocycles. The lowest BCUT2D eigenvalue weighted by Crippen LogP contribution is -2.30. The first-order valence-electron chi connectivity index (χ1n) is 11.2. The molecule has 1 N–H and O–H groups in total. The summed E-state index contributed by atoms with van der Waals surface area (Å²) in [6.45, 7) is 4.03. The Bertz CT molecular complexity index is 1420. The fourth-order valence-corrected chi connectivity index (χ4v) is 5.92. The van der Waals surface area contributed by atoms with E-state index in [4.69, 9.17) is 0 Å². The standard InChI is InChI=1S/C25H28FN3O5S2/c1-4-28(5-2)36(33,34)23-16-12-21(13-17-23)27-25(30)19-10-14-22(15-11-19)29(35(3,31)32)18-20-8-6-7-9-24(20)26/h6-17H,4-5,18H2,1-3H3,(H,27,30). The van der Waals surface area contributed by atoms with Crippen molar-refractivity contribution in [1.29, 1.82) is 0 Å². The fraction of sp³-hybridized carbons (Fsp3) is 0.240. The largest absolute Gasteiger partial charge is 0.322 e. The minimum Gasteiger partial charge on any atom is -0.322 e. The number of amides is 1. The summed E-state index contributed by atoms with van der Waals surface area (Å²) in [4.78, 5) is 12.8. The van der Waals surface area contributed by atoms with Crippen molar-refractivity contribution in [2.45, 2.75) is 25.3 Å². The summed E-state index contributed by atoms with van der Waals surface area (Å²) in [6, 6.07) is 17.6. The topological polar surface area (TPSA) is 104 Å². The Kier molecular flexibility index (Phi) is 8.49. The highest BCUT2D eigenvalue weighted by Gasteiger charge is 2.22. The molecule has 0 saturated heterocycles. The number of hydrogen-bond donors (Lipinski definition) is 1. The quantitative estimate of drug-likeness (QED) is 0.423. The molecule has 0 spiro atoms. The maximum absolute atomic E-state index is 14.1. The van der Waals surface area contributed by atoms with Crippen LogP contribution in [-0.2, 0) is 26.6 Å². The highest BCUT2D eigenvalue weighted by molar-refractivity contribution is 7.92. The summed E-state index contributed by atoms with van der Waals surface area (Å²) >= 11 is 0. The Morgan fingerprint density at radius 1 is 0.861 bits per heavy atom. The van der Waals surface area contributed by atoms with E-state index < -0.39 is 31.8 Å². The second-order valence-electron chi connectivity index (χ2n) is 7.98. The number of nitrogens with one attached hydrogen (secondary N) is 1. The van der Waals surface area contributed by atoms with Gasteiger partial charge in [0.15, 0.2) is 0 Å². The van der Waals surface area contributed by atoms with E-state index in [1.54, 1.807) is 19.9 Å². The monoisotopic (exact) mass is 533 g/mol. The second-order valence-corrected chi connectivity index (χ2v) is 11.8. The predicted molar refractivity (Wildman–Crippen MR) is 138 cm³/mol. The molecule has 0 radical (unpaired) electrons. The van der Waals surface area contributed by atoms with E-state index in [1.165, 1.54) is 71.0 Å². The Hall–Kier alpha value is -3.28. The van der Waals surface area contributed by atoms with Crippen LogP contribution >= 0.6 is 0 Å². The Labute approximate surface area is 211 Å². The van der Waals surface area contributed by atoms with E-state index in [2.05, 4.69) is 5.32 Å². The van der Waals surface area contributed by atoms with Crippen molar-refractivity contribution in [2.24, 2.45) is 0 Å². The van der Waals surface area contributed by atoms with E-state index in [9.17, 15) is 26.0 Å². The van der Waals surface area contributed by atoms with Gasteiger partial charge >= 0.3 is 0 Å². The maximum Gasteiger partial charge on any atom is 0.255 e. The van der Waals surface area contributed by atoms with Crippen molar-refractivity contribution >= 4 is 37.3 Å². The Morgan fingerprint density at radius 2 is 1.44 bits per heavy atom. The van der Waals surface area contributed by atoms with Gasteiger partial charge in [-0.15, -0.1) is 0 Å². The smallest absolute Gasteiger partial charge is 0.255 e. The molecule has 0 aliphatic heterocycles. The Morgan fingerprint density at radius 3 is 1.97 bits per heavy atom. The molecule has 3 rings (SSSR count). The number of hydrogen-bond acceptors (Lipinski definition) is 5. The molecule has 0 atom stereocenters. The number of carbonyl (C=O) groups is 1. The van der Waals surface area contributed by atoms with Gasteiger partial charge in [0, 0.05) is 29.9 Å². The van der Waals surface area contributed by atoms with Crippen LogP contribution in [0.5, 0.6) is 0 Å². The second kappa shape index (κ2) is 11.2. The predicted octanol–water partition coefficient (Wildman–Crippen LogP) is 4.07. The third-order valence-corrected chi connectivity index (χ3v) is 8.75. The van der Waals surface area contributed by atoms with Crippen LogP contribution in [0.15, 0.2) is 77.7 Å². The molecule has 0 heterocycles. The average molecular weight is 534 g/mol. The fourth-order valence-electron chi connectivity index (χ4n) is 3.59. The number of rotatable bonds is 10. The van der Waals surface area contributed by atoms with Gasteiger partial charge in [0.1, 0.15) is 5.82 Å². The van der Waals surface area contributed by atoms with Gasteiger partial charge in [0.2, 0.25) is 20.0 Å². The van der Waals surface area contributed by atoms with Crippen LogP contribution in [0, 0.1) is 5.82 Å². The van der Waals surface area contributed by atoms with Crippen LogP contribution in [0.4, 0.5) is 15.8 Å². The first kappa shape index (κ1) is 27.3. The minimum absolute atomic E-state index is 0.129. The van der Waals surface area contributed by atoms with Crippen LogP contribution in [-0.4, -0.2) is 46.4 Å². The van der Waals surface area contributed by atoms with Gasteiger partial charge in [-0.25, -0.2) is 21.2 Å². The van der Waals surface area contributed by atoms with Gasteiger partial charge in [0.05, 0.1) is 23.4 Å². The van der Waals surface area contributed by atoms with Crippen LogP contribution < -0.4 is 9.62 Å². The highest BCUT2D eigenvalue weighted by Crippen LogP contribution is 2.23. The number of benzene rings is 3. The molecule has 0 unspecified atom stereocenters. The van der Waals surface area contributed by atoms with Gasteiger partial charge in [-0.3, -0.25) is 9.10 Å². The van der Waals surface area contributed by atoms with E-state index in [1.807, 2.05) is 0 Å². The zero-order valence-electron chi connectivity index (χ0n) is 20.2. The average Bonchev–Trinajstić information content (AvgIpc) is 2.84. The molecule has 192 valence electrons. The third-order valence-electron chi connectivity index (χ3n) is 5.54. The van der Waals surface area contributed by atoms with Crippen molar-refractivity contribution < 1.29 is 26.0 Å². The lowest BCUT2D eigenvalue weighted by Gasteiger charge is -2.23. The number of carbonyl (C=O) groups excluding carboxylic acids is 1. The molecule has 0 aliphatic rings. The van der Waals surface area contributed by atoms with Crippen LogP contribution in [0.25, 0.3) is 0 Å². The zero-order chi connectivity index (χ0) is 26.5. The lowest BCUT2D eigenvalue weighted by molar-refractivity contribution is 0.102. The lowest BCUT2D eigenvalue weighted by atomic mass is 10.1. The summed E-state index contributed by atoms with van der Waals surface area (Å²) in [5, 5.41) is 2.69. The van der Waals surface area contributed by atoms with Gasteiger partial charge < -0.3 is 5.32 Å². The molecule has 1 amide bonds. The highest BCUT2D eigenvalue weighted by atomic mass is 32.2. The summed E-state index contributed by atoms with van der Waals surface area (Å²) < 4.78 is 66.4. The maximum atomic E-state index is 14.1. The van der Waals surface area contributed by atoms with Crippen LogP contribution in [0.3, 0.4) is 0 Å².